The van der Waals surface area contributed by atoms with Gasteiger partial charge in [0.15, 0.2) is 0 Å². The lowest BCUT2D eigenvalue weighted by Gasteiger charge is -2.22. The molecule has 5 nitrogen and oxygen atoms in total. The Kier molecular flexibility index (Phi) is 6.53. The maximum atomic E-state index is 11.5. The number of carbonyl (C=O) groups excluding carboxylic acids is 1. The van der Waals surface area contributed by atoms with Crippen molar-refractivity contribution in [3.8, 4) is 0 Å². The Bertz CT molecular complexity index is 241. The van der Waals surface area contributed by atoms with Gasteiger partial charge < -0.3 is 15.7 Å². The van der Waals surface area contributed by atoms with Crippen molar-refractivity contribution < 1.29 is 14.7 Å². The molecule has 0 aliphatic rings. The van der Waals surface area contributed by atoms with Gasteiger partial charge in [0.2, 0.25) is 0 Å². The third kappa shape index (κ3) is 5.00. The second kappa shape index (κ2) is 7.09. The van der Waals surface area contributed by atoms with Gasteiger partial charge in [-0.25, -0.2) is 9.59 Å². The van der Waals surface area contributed by atoms with Crippen molar-refractivity contribution in [1.29, 1.82) is 0 Å². The van der Waals surface area contributed by atoms with Crippen molar-refractivity contribution in [2.24, 2.45) is 5.92 Å². The molecule has 2 amide bonds. The number of aliphatic carboxylic acids is 1. The highest BCUT2D eigenvalue weighted by Crippen LogP contribution is 2.05. The van der Waals surface area contributed by atoms with Crippen LogP contribution in [-0.4, -0.2) is 29.2 Å². The molecular formula is C11H22N2O3. The monoisotopic (exact) mass is 230 g/mol. The Morgan fingerprint density at radius 1 is 1.12 bits per heavy atom. The van der Waals surface area contributed by atoms with Gasteiger partial charge in [0.25, 0.3) is 0 Å². The molecule has 0 aromatic rings. The summed E-state index contributed by atoms with van der Waals surface area (Å²) in [6, 6.07) is -1.15. The van der Waals surface area contributed by atoms with Gasteiger partial charge in [0, 0.05) is 6.04 Å². The van der Waals surface area contributed by atoms with Gasteiger partial charge in [-0.1, -0.05) is 27.7 Å². The molecule has 0 saturated carbocycles. The van der Waals surface area contributed by atoms with E-state index in [1.807, 2.05) is 20.8 Å². The summed E-state index contributed by atoms with van der Waals surface area (Å²) in [5, 5.41) is 14.0. The summed E-state index contributed by atoms with van der Waals surface area (Å²) in [6.07, 6.45) is 1.20. The van der Waals surface area contributed by atoms with Crippen LogP contribution >= 0.6 is 0 Å². The van der Waals surface area contributed by atoms with Gasteiger partial charge in [-0.05, 0) is 18.8 Å². The predicted octanol–water partition coefficient (Wildman–Crippen LogP) is 1.58. The molecule has 0 fully saturated rings. The zero-order valence-corrected chi connectivity index (χ0v) is 10.4. The molecule has 0 bridgehead atoms. The first-order valence-corrected chi connectivity index (χ1v) is 5.72. The number of carboxylic acid groups (broad SMARTS) is 1. The maximum absolute atomic E-state index is 11.5. The van der Waals surface area contributed by atoms with E-state index in [0.29, 0.717) is 12.3 Å². The molecule has 0 aliphatic heterocycles. The number of hydrogen-bond acceptors (Lipinski definition) is 2. The van der Waals surface area contributed by atoms with Crippen molar-refractivity contribution in [3.63, 3.8) is 0 Å². The number of carbonyl (C=O) groups is 2. The molecule has 0 rings (SSSR count). The first kappa shape index (κ1) is 14.7. The molecule has 2 unspecified atom stereocenters. The lowest BCUT2D eigenvalue weighted by molar-refractivity contribution is -0.139. The molecule has 5 heteroatoms. The van der Waals surface area contributed by atoms with Crippen molar-refractivity contribution in [2.75, 3.05) is 0 Å². The molecule has 0 aromatic heterocycles. The topological polar surface area (TPSA) is 78.4 Å². The van der Waals surface area contributed by atoms with Crippen LogP contribution in [0.15, 0.2) is 0 Å². The van der Waals surface area contributed by atoms with Crippen molar-refractivity contribution in [3.05, 3.63) is 0 Å². The fourth-order valence-electron chi connectivity index (χ4n) is 1.45. The van der Waals surface area contributed by atoms with Crippen LogP contribution in [0.4, 0.5) is 4.79 Å². The largest absolute Gasteiger partial charge is 0.480 e. The first-order chi connectivity index (χ1) is 7.42. The van der Waals surface area contributed by atoms with E-state index in [4.69, 9.17) is 5.11 Å². The van der Waals surface area contributed by atoms with Gasteiger partial charge in [0.05, 0.1) is 0 Å². The summed E-state index contributed by atoms with van der Waals surface area (Å²) in [4.78, 5) is 22.2. The van der Waals surface area contributed by atoms with Gasteiger partial charge >= 0.3 is 12.0 Å². The third-order valence-electron chi connectivity index (χ3n) is 2.57. The summed E-state index contributed by atoms with van der Waals surface area (Å²) in [5.74, 6) is -0.670. The standard InChI is InChI=1S/C11H22N2O3/c1-5-8(7(3)4)12-11(16)13-9(6-2)10(14)15/h7-9H,5-6H2,1-4H3,(H,14,15)(H2,12,13,16). The van der Waals surface area contributed by atoms with Crippen LogP contribution in [0.2, 0.25) is 0 Å². The zero-order valence-electron chi connectivity index (χ0n) is 10.4. The minimum Gasteiger partial charge on any atom is -0.480 e. The average molecular weight is 230 g/mol. The molecule has 0 aromatic carbocycles. The summed E-state index contributed by atoms with van der Waals surface area (Å²) >= 11 is 0. The highest BCUT2D eigenvalue weighted by atomic mass is 16.4. The Balaban J connectivity index is 4.20. The van der Waals surface area contributed by atoms with E-state index in [2.05, 4.69) is 10.6 Å². The van der Waals surface area contributed by atoms with Gasteiger partial charge in [-0.2, -0.15) is 0 Å². The molecule has 0 heterocycles. The zero-order chi connectivity index (χ0) is 12.7. The first-order valence-electron chi connectivity index (χ1n) is 5.72. The van der Waals surface area contributed by atoms with Crippen LogP contribution in [0, 0.1) is 5.92 Å². The quantitative estimate of drug-likeness (QED) is 0.648. The number of rotatable bonds is 6. The Hall–Kier alpha value is -1.26. The molecule has 94 valence electrons. The summed E-state index contributed by atoms with van der Waals surface area (Å²) in [6.45, 7) is 7.74. The summed E-state index contributed by atoms with van der Waals surface area (Å²) in [5.41, 5.74) is 0. The lowest BCUT2D eigenvalue weighted by Crippen LogP contribution is -2.49. The maximum Gasteiger partial charge on any atom is 0.326 e. The third-order valence-corrected chi connectivity index (χ3v) is 2.57. The van der Waals surface area contributed by atoms with Crippen LogP contribution < -0.4 is 10.6 Å². The minimum absolute atomic E-state index is 0.0753. The predicted molar refractivity (Wildman–Crippen MR) is 62.3 cm³/mol. The van der Waals surface area contributed by atoms with Crippen molar-refractivity contribution in [2.45, 2.75) is 52.6 Å². The summed E-state index contributed by atoms with van der Waals surface area (Å²) < 4.78 is 0. The Labute approximate surface area is 96.6 Å². The number of amides is 2. The molecule has 3 N–H and O–H groups in total. The van der Waals surface area contributed by atoms with Crippen molar-refractivity contribution in [1.82, 2.24) is 10.6 Å². The number of carboxylic acids is 1. The second-order valence-electron chi connectivity index (χ2n) is 4.18. The molecule has 2 atom stereocenters. The average Bonchev–Trinajstić information content (AvgIpc) is 2.21. The summed E-state index contributed by atoms with van der Waals surface area (Å²) in [7, 11) is 0. The molecule has 0 saturated heterocycles. The molecule has 16 heavy (non-hydrogen) atoms. The number of hydrogen-bond donors (Lipinski definition) is 3. The highest BCUT2D eigenvalue weighted by Gasteiger charge is 2.20. The van der Waals surface area contributed by atoms with Gasteiger partial charge in [0.1, 0.15) is 6.04 Å². The number of urea groups is 1. The normalized spacial score (nSPS) is 14.3. The van der Waals surface area contributed by atoms with E-state index in [0.717, 1.165) is 6.42 Å². The molecule has 0 spiro atoms. The van der Waals surface area contributed by atoms with E-state index >= 15 is 0 Å². The minimum atomic E-state index is -1.00. The van der Waals surface area contributed by atoms with Crippen LogP contribution in [0.1, 0.15) is 40.5 Å². The highest BCUT2D eigenvalue weighted by molar-refractivity contribution is 5.82. The van der Waals surface area contributed by atoms with E-state index in [1.54, 1.807) is 6.92 Å². The van der Waals surface area contributed by atoms with Crippen LogP contribution in [0.25, 0.3) is 0 Å². The fourth-order valence-corrected chi connectivity index (χ4v) is 1.45. The van der Waals surface area contributed by atoms with Crippen molar-refractivity contribution >= 4 is 12.0 Å². The SMILES string of the molecule is CCC(NC(=O)NC(CC)C(C)C)C(=O)O. The second-order valence-corrected chi connectivity index (χ2v) is 4.18. The fraction of sp³-hybridized carbons (Fsp3) is 0.818. The van der Waals surface area contributed by atoms with E-state index in [1.165, 1.54) is 0 Å². The van der Waals surface area contributed by atoms with E-state index < -0.39 is 18.0 Å². The van der Waals surface area contributed by atoms with E-state index in [9.17, 15) is 9.59 Å². The van der Waals surface area contributed by atoms with Crippen LogP contribution in [-0.2, 0) is 4.79 Å². The molecular weight excluding hydrogens is 208 g/mol. The van der Waals surface area contributed by atoms with Crippen LogP contribution in [0.5, 0.6) is 0 Å². The Morgan fingerprint density at radius 3 is 2.00 bits per heavy atom. The van der Waals surface area contributed by atoms with Crippen LogP contribution in [0.3, 0.4) is 0 Å². The van der Waals surface area contributed by atoms with Gasteiger partial charge in [-0.3, -0.25) is 0 Å². The lowest BCUT2D eigenvalue weighted by atomic mass is 10.0. The van der Waals surface area contributed by atoms with E-state index in [-0.39, 0.29) is 6.04 Å². The molecule has 0 radical (unpaired) electrons. The number of nitrogens with one attached hydrogen (secondary N) is 2. The smallest absolute Gasteiger partial charge is 0.326 e. The molecule has 0 aliphatic carbocycles. The van der Waals surface area contributed by atoms with Gasteiger partial charge in [-0.15, -0.1) is 0 Å². The Morgan fingerprint density at radius 2 is 1.69 bits per heavy atom.